The number of thiophene rings is 1. The lowest BCUT2D eigenvalue weighted by Gasteiger charge is -1.87. The second kappa shape index (κ2) is 11.2. The van der Waals surface area contributed by atoms with Gasteiger partial charge < -0.3 is 5.11 Å². The van der Waals surface area contributed by atoms with Crippen molar-refractivity contribution in [3.05, 3.63) is 53.2 Å². The molecule has 108 valence electrons. The summed E-state index contributed by atoms with van der Waals surface area (Å²) < 4.78 is 0. The van der Waals surface area contributed by atoms with Crippen molar-refractivity contribution < 1.29 is 9.90 Å². The van der Waals surface area contributed by atoms with Crippen molar-refractivity contribution in [2.45, 2.75) is 38.5 Å². The van der Waals surface area contributed by atoms with E-state index in [1.54, 1.807) is 35.6 Å². The fourth-order valence-electron chi connectivity index (χ4n) is 1.78. The van der Waals surface area contributed by atoms with Gasteiger partial charge in [-0.25, -0.2) is 0 Å². The van der Waals surface area contributed by atoms with Crippen LogP contribution in [0.25, 0.3) is 0 Å². The van der Waals surface area contributed by atoms with Crippen molar-refractivity contribution in [2.75, 3.05) is 0 Å². The lowest BCUT2D eigenvalue weighted by Crippen LogP contribution is -1.91. The molecule has 0 amide bonds. The molecule has 0 aliphatic heterocycles. The Labute approximate surface area is 125 Å². The molecule has 1 aliphatic rings. The highest BCUT2D eigenvalue weighted by molar-refractivity contribution is 7.07. The van der Waals surface area contributed by atoms with E-state index in [9.17, 15) is 4.79 Å². The normalized spacial score (nSPS) is 14.1. The Hall–Kier alpha value is -1.61. The molecular formula is C17H22O2S. The topological polar surface area (TPSA) is 37.3 Å². The van der Waals surface area contributed by atoms with E-state index >= 15 is 0 Å². The lowest BCUT2D eigenvalue weighted by molar-refractivity contribution is -0.118. The highest BCUT2D eigenvalue weighted by Gasteiger charge is 2.04. The van der Waals surface area contributed by atoms with E-state index in [4.69, 9.17) is 5.11 Å². The van der Waals surface area contributed by atoms with Crippen LogP contribution in [-0.4, -0.2) is 10.9 Å². The highest BCUT2D eigenvalue weighted by atomic mass is 32.1. The van der Waals surface area contributed by atoms with Crippen molar-refractivity contribution in [2.24, 2.45) is 0 Å². The van der Waals surface area contributed by atoms with Gasteiger partial charge in [-0.15, -0.1) is 0 Å². The molecule has 1 fully saturated rings. The summed E-state index contributed by atoms with van der Waals surface area (Å²) in [5, 5.41) is 12.7. The Morgan fingerprint density at radius 1 is 0.800 bits per heavy atom. The maximum Gasteiger partial charge on any atom is 0.132 e. The number of rotatable bonds is 0. The first-order valence-corrected chi connectivity index (χ1v) is 7.96. The minimum absolute atomic E-state index is 0.322. The summed E-state index contributed by atoms with van der Waals surface area (Å²) in [6, 6.07) is 12.7. The molecule has 1 saturated carbocycles. The van der Waals surface area contributed by atoms with Crippen LogP contribution in [0.15, 0.2) is 53.2 Å². The number of hydrogen-bond acceptors (Lipinski definition) is 3. The zero-order chi connectivity index (χ0) is 14.5. The summed E-state index contributed by atoms with van der Waals surface area (Å²) in [6.07, 6.45) is 6.51. The van der Waals surface area contributed by atoms with E-state index in [2.05, 4.69) is 0 Å². The van der Waals surface area contributed by atoms with E-state index < -0.39 is 0 Å². The average molecular weight is 290 g/mol. The molecule has 2 nitrogen and oxygen atoms in total. The number of phenols is 1. The third-order valence-corrected chi connectivity index (χ3v) is 3.47. The third-order valence-electron chi connectivity index (χ3n) is 2.84. The Balaban J connectivity index is 0.000000154. The predicted octanol–water partition coefficient (Wildman–Crippen LogP) is 5.05. The lowest BCUT2D eigenvalue weighted by atomic mass is 10.2. The van der Waals surface area contributed by atoms with Gasteiger partial charge in [0.15, 0.2) is 0 Å². The molecule has 0 bridgehead atoms. The Morgan fingerprint density at radius 2 is 1.35 bits per heavy atom. The fraction of sp³-hybridized carbons (Fsp3) is 0.353. The van der Waals surface area contributed by atoms with E-state index in [0.717, 1.165) is 25.7 Å². The van der Waals surface area contributed by atoms with E-state index in [1.807, 2.05) is 29.0 Å². The van der Waals surface area contributed by atoms with Gasteiger partial charge >= 0.3 is 0 Å². The molecule has 1 aliphatic carbocycles. The van der Waals surface area contributed by atoms with E-state index in [-0.39, 0.29) is 0 Å². The number of Topliss-reactive ketones (excluding diaryl/α,β-unsaturated/α-hetero) is 1. The summed E-state index contributed by atoms with van der Waals surface area (Å²) in [4.78, 5) is 10.7. The molecule has 3 heteroatoms. The molecule has 1 N–H and O–H groups in total. The van der Waals surface area contributed by atoms with E-state index in [0.29, 0.717) is 11.5 Å². The summed E-state index contributed by atoms with van der Waals surface area (Å²) >= 11 is 1.71. The van der Waals surface area contributed by atoms with Gasteiger partial charge in [-0.2, -0.15) is 11.3 Å². The van der Waals surface area contributed by atoms with Gasteiger partial charge in [0.25, 0.3) is 0 Å². The quantitative estimate of drug-likeness (QED) is 0.689. The zero-order valence-electron chi connectivity index (χ0n) is 11.7. The maximum atomic E-state index is 10.7. The Kier molecular flexibility index (Phi) is 9.24. The first kappa shape index (κ1) is 16.4. The minimum atomic E-state index is 0.322. The Bertz CT molecular complexity index is 410. The van der Waals surface area contributed by atoms with Gasteiger partial charge in [0.05, 0.1) is 0 Å². The molecule has 0 unspecified atom stereocenters. The summed E-state index contributed by atoms with van der Waals surface area (Å²) in [7, 11) is 0. The monoisotopic (exact) mass is 290 g/mol. The predicted molar refractivity (Wildman–Crippen MR) is 85.1 cm³/mol. The molecule has 0 radical (unpaired) electrons. The second-order valence-electron chi connectivity index (χ2n) is 4.58. The minimum Gasteiger partial charge on any atom is -0.508 e. The molecule has 1 aromatic heterocycles. The van der Waals surface area contributed by atoms with Gasteiger partial charge in [-0.1, -0.05) is 43.2 Å². The molecule has 1 heterocycles. The number of benzene rings is 1. The van der Waals surface area contributed by atoms with Crippen LogP contribution in [0, 0.1) is 0 Å². The number of hydrogen-bond donors (Lipinski definition) is 1. The standard InChI is InChI=1S/C7H12O.C6H6O.C4H4S/c8-7-5-3-1-2-4-6-7;7-6-4-2-1-3-5-6;1-2-4-5-3-1/h1-6H2;1-5,7H;1-4H. The number of phenolic OH excluding ortho intramolecular Hbond substituents is 1. The van der Waals surface area contributed by atoms with Gasteiger partial charge in [0.2, 0.25) is 0 Å². The van der Waals surface area contributed by atoms with Crippen molar-refractivity contribution in [3.63, 3.8) is 0 Å². The van der Waals surface area contributed by atoms with Crippen LogP contribution < -0.4 is 0 Å². The largest absolute Gasteiger partial charge is 0.508 e. The average Bonchev–Trinajstić information content (AvgIpc) is 2.96. The first-order valence-electron chi connectivity index (χ1n) is 7.02. The molecule has 20 heavy (non-hydrogen) atoms. The molecule has 0 saturated heterocycles. The summed E-state index contributed by atoms with van der Waals surface area (Å²) in [5.41, 5.74) is 0. The fourth-order valence-corrected chi connectivity index (χ4v) is 2.23. The first-order chi connectivity index (χ1) is 9.79. The molecule has 1 aromatic carbocycles. The van der Waals surface area contributed by atoms with Gasteiger partial charge in [0.1, 0.15) is 11.5 Å². The number of carbonyl (C=O) groups excluding carboxylic acids is 1. The molecule has 3 rings (SSSR count). The zero-order valence-corrected chi connectivity index (χ0v) is 12.5. The van der Waals surface area contributed by atoms with Crippen LogP contribution in [0.5, 0.6) is 5.75 Å². The van der Waals surface area contributed by atoms with Gasteiger partial charge in [-0.3, -0.25) is 4.79 Å². The van der Waals surface area contributed by atoms with Crippen molar-refractivity contribution >= 4 is 17.1 Å². The molecule has 2 aromatic rings. The Morgan fingerprint density at radius 3 is 1.70 bits per heavy atom. The van der Waals surface area contributed by atoms with Crippen LogP contribution in [-0.2, 0) is 4.79 Å². The van der Waals surface area contributed by atoms with Crippen LogP contribution in [0.4, 0.5) is 0 Å². The van der Waals surface area contributed by atoms with Crippen LogP contribution in [0.2, 0.25) is 0 Å². The maximum absolute atomic E-state index is 10.7. The van der Waals surface area contributed by atoms with Gasteiger partial charge in [0, 0.05) is 12.8 Å². The van der Waals surface area contributed by atoms with E-state index in [1.165, 1.54) is 12.8 Å². The van der Waals surface area contributed by atoms with Crippen molar-refractivity contribution in [1.82, 2.24) is 0 Å². The summed E-state index contributed by atoms with van der Waals surface area (Å²) in [6.45, 7) is 0. The SMILES string of the molecule is O=C1CCCCCC1.Oc1ccccc1.c1ccsc1. The van der Waals surface area contributed by atoms with Crippen LogP contribution >= 0.6 is 11.3 Å². The number of ketones is 1. The number of carbonyl (C=O) groups is 1. The van der Waals surface area contributed by atoms with Crippen LogP contribution in [0.3, 0.4) is 0 Å². The molecule has 0 atom stereocenters. The smallest absolute Gasteiger partial charge is 0.132 e. The number of aromatic hydroxyl groups is 1. The molecular weight excluding hydrogens is 268 g/mol. The highest BCUT2D eigenvalue weighted by Crippen LogP contribution is 2.12. The molecule has 0 spiro atoms. The van der Waals surface area contributed by atoms with Gasteiger partial charge in [-0.05, 0) is 35.7 Å². The van der Waals surface area contributed by atoms with Crippen molar-refractivity contribution in [3.8, 4) is 5.75 Å². The van der Waals surface area contributed by atoms with Crippen LogP contribution in [0.1, 0.15) is 38.5 Å². The third kappa shape index (κ3) is 9.34. The van der Waals surface area contributed by atoms with Crippen molar-refractivity contribution in [1.29, 1.82) is 0 Å². The second-order valence-corrected chi connectivity index (χ2v) is 5.40. The number of para-hydroxylation sites is 1. The summed E-state index contributed by atoms with van der Waals surface area (Å²) in [5.74, 6) is 0.796.